The van der Waals surface area contributed by atoms with Crippen LogP contribution in [0.4, 0.5) is 4.79 Å². The molecule has 23 heavy (non-hydrogen) atoms. The first-order valence-electron chi connectivity index (χ1n) is 7.23. The number of thioether (sulfide) groups is 1. The molecule has 0 spiro atoms. The highest BCUT2D eigenvalue weighted by atomic mass is 35.5. The molecule has 1 aliphatic heterocycles. The second-order valence-electron chi connectivity index (χ2n) is 5.13. The van der Waals surface area contributed by atoms with Gasteiger partial charge in [0.1, 0.15) is 11.9 Å². The topological polar surface area (TPSA) is 61.6 Å². The van der Waals surface area contributed by atoms with E-state index in [0.717, 1.165) is 10.6 Å². The van der Waals surface area contributed by atoms with Gasteiger partial charge in [0.25, 0.3) is 0 Å². The van der Waals surface area contributed by atoms with Crippen LogP contribution in [0.3, 0.4) is 0 Å². The average Bonchev–Trinajstić information content (AvgIpc) is 2.55. The molecule has 1 aliphatic rings. The zero-order valence-electron chi connectivity index (χ0n) is 12.3. The second-order valence-corrected chi connectivity index (χ2v) is 6.55. The number of carbonyl (C=O) groups is 1. The van der Waals surface area contributed by atoms with Gasteiger partial charge in [-0.05, 0) is 17.7 Å². The molecule has 0 aliphatic carbocycles. The van der Waals surface area contributed by atoms with Crippen LogP contribution in [0.15, 0.2) is 47.4 Å². The van der Waals surface area contributed by atoms with Crippen LogP contribution < -0.4 is 10.5 Å². The standard InChI is InChI=1S/C17H16ClNO3S/c18-12-6-7-14(23-10-11-4-2-1-3-5-11)16-15(12)13(8-9-21-16)22-17(19)20/h1-7,13H,8-10H2,(H2,19,20). The number of hydrogen-bond acceptors (Lipinski definition) is 4. The minimum absolute atomic E-state index is 0.457. The predicted octanol–water partition coefficient (Wildman–Crippen LogP) is 4.55. The van der Waals surface area contributed by atoms with Crippen LogP contribution in [0.1, 0.15) is 23.7 Å². The number of halogens is 1. The van der Waals surface area contributed by atoms with E-state index in [1.807, 2.05) is 24.3 Å². The minimum atomic E-state index is -0.804. The Hall–Kier alpha value is -1.85. The lowest BCUT2D eigenvalue weighted by molar-refractivity contribution is 0.0755. The first-order chi connectivity index (χ1) is 11.1. The normalized spacial score (nSPS) is 16.3. The lowest BCUT2D eigenvalue weighted by Gasteiger charge is -2.27. The maximum absolute atomic E-state index is 11.1. The Labute approximate surface area is 143 Å². The van der Waals surface area contributed by atoms with Gasteiger partial charge in [-0.1, -0.05) is 41.9 Å². The van der Waals surface area contributed by atoms with Crippen molar-refractivity contribution in [2.24, 2.45) is 5.73 Å². The van der Waals surface area contributed by atoms with E-state index in [9.17, 15) is 4.79 Å². The summed E-state index contributed by atoms with van der Waals surface area (Å²) in [6.45, 7) is 0.462. The number of fused-ring (bicyclic) bond motifs is 1. The molecule has 1 unspecified atom stereocenters. The largest absolute Gasteiger partial charge is 0.492 e. The maximum Gasteiger partial charge on any atom is 0.405 e. The Morgan fingerprint density at radius 2 is 2.09 bits per heavy atom. The summed E-state index contributed by atoms with van der Waals surface area (Å²) in [7, 11) is 0. The first kappa shape index (κ1) is 16.0. The predicted molar refractivity (Wildman–Crippen MR) is 91.0 cm³/mol. The molecule has 2 aromatic carbocycles. The van der Waals surface area contributed by atoms with Gasteiger partial charge >= 0.3 is 6.09 Å². The maximum atomic E-state index is 11.1. The smallest absolute Gasteiger partial charge is 0.405 e. The Kier molecular flexibility index (Phi) is 4.98. The Morgan fingerprint density at radius 1 is 1.30 bits per heavy atom. The number of benzene rings is 2. The van der Waals surface area contributed by atoms with E-state index in [-0.39, 0.29) is 0 Å². The third-order valence-corrected chi connectivity index (χ3v) is 4.99. The molecule has 3 rings (SSSR count). The summed E-state index contributed by atoms with van der Waals surface area (Å²) in [6.07, 6.45) is -0.718. The van der Waals surface area contributed by atoms with E-state index in [4.69, 9.17) is 26.8 Å². The van der Waals surface area contributed by atoms with Gasteiger partial charge in [0.05, 0.1) is 22.1 Å². The quantitative estimate of drug-likeness (QED) is 0.822. The summed E-state index contributed by atoms with van der Waals surface area (Å²) in [6, 6.07) is 13.9. The van der Waals surface area contributed by atoms with E-state index in [0.29, 0.717) is 29.4 Å². The summed E-state index contributed by atoms with van der Waals surface area (Å²) >= 11 is 7.95. The molecule has 1 heterocycles. The average molecular weight is 350 g/mol. The highest BCUT2D eigenvalue weighted by molar-refractivity contribution is 7.98. The van der Waals surface area contributed by atoms with Gasteiger partial charge < -0.3 is 15.2 Å². The van der Waals surface area contributed by atoms with Gasteiger partial charge in [-0.15, -0.1) is 11.8 Å². The van der Waals surface area contributed by atoms with Crippen molar-refractivity contribution in [3.05, 3.63) is 58.6 Å². The van der Waals surface area contributed by atoms with Crippen LogP contribution in [-0.4, -0.2) is 12.7 Å². The van der Waals surface area contributed by atoms with Crippen LogP contribution in [0, 0.1) is 0 Å². The van der Waals surface area contributed by atoms with E-state index in [1.165, 1.54) is 5.56 Å². The molecule has 0 saturated carbocycles. The van der Waals surface area contributed by atoms with Crippen LogP contribution in [0.25, 0.3) is 0 Å². The molecule has 0 radical (unpaired) electrons. The van der Waals surface area contributed by atoms with E-state index in [2.05, 4.69) is 12.1 Å². The lowest BCUT2D eigenvalue weighted by Crippen LogP contribution is -2.23. The molecule has 120 valence electrons. The van der Waals surface area contributed by atoms with Gasteiger partial charge in [0.2, 0.25) is 0 Å². The van der Waals surface area contributed by atoms with E-state index < -0.39 is 12.2 Å². The molecule has 6 heteroatoms. The van der Waals surface area contributed by atoms with Gasteiger partial charge in [0.15, 0.2) is 0 Å². The molecule has 2 aromatic rings. The second kappa shape index (κ2) is 7.15. The molecule has 0 saturated heterocycles. The summed E-state index contributed by atoms with van der Waals surface area (Å²) in [5, 5.41) is 0.523. The third kappa shape index (κ3) is 3.74. The number of ether oxygens (including phenoxy) is 2. The fraction of sp³-hybridized carbons (Fsp3) is 0.235. The van der Waals surface area contributed by atoms with Crippen LogP contribution in [-0.2, 0) is 10.5 Å². The Balaban J connectivity index is 1.86. The van der Waals surface area contributed by atoms with Crippen molar-refractivity contribution in [3.63, 3.8) is 0 Å². The number of hydrogen-bond donors (Lipinski definition) is 1. The summed E-state index contributed by atoms with van der Waals surface area (Å²) in [4.78, 5) is 12.1. The first-order valence-corrected chi connectivity index (χ1v) is 8.59. The third-order valence-electron chi connectivity index (χ3n) is 3.55. The monoisotopic (exact) mass is 349 g/mol. The van der Waals surface area contributed by atoms with Crippen molar-refractivity contribution in [1.29, 1.82) is 0 Å². The van der Waals surface area contributed by atoms with Crippen molar-refractivity contribution >= 4 is 29.5 Å². The van der Waals surface area contributed by atoms with Crippen molar-refractivity contribution in [2.45, 2.75) is 23.2 Å². The van der Waals surface area contributed by atoms with Gasteiger partial charge in [-0.25, -0.2) is 4.79 Å². The molecular weight excluding hydrogens is 334 g/mol. The summed E-state index contributed by atoms with van der Waals surface area (Å²) < 4.78 is 11.0. The number of carbonyl (C=O) groups excluding carboxylic acids is 1. The lowest BCUT2D eigenvalue weighted by atomic mass is 10.0. The van der Waals surface area contributed by atoms with Crippen molar-refractivity contribution < 1.29 is 14.3 Å². The summed E-state index contributed by atoms with van der Waals surface area (Å²) in [5.41, 5.74) is 7.08. The van der Waals surface area contributed by atoms with Crippen LogP contribution >= 0.6 is 23.4 Å². The Morgan fingerprint density at radius 3 is 2.83 bits per heavy atom. The van der Waals surface area contributed by atoms with Crippen molar-refractivity contribution in [3.8, 4) is 5.75 Å². The molecule has 0 fully saturated rings. The highest BCUT2D eigenvalue weighted by Gasteiger charge is 2.29. The van der Waals surface area contributed by atoms with Gasteiger partial charge in [0, 0.05) is 12.2 Å². The van der Waals surface area contributed by atoms with Crippen molar-refractivity contribution in [2.75, 3.05) is 6.61 Å². The van der Waals surface area contributed by atoms with E-state index >= 15 is 0 Å². The fourth-order valence-electron chi connectivity index (χ4n) is 2.52. The molecule has 0 aromatic heterocycles. The fourth-order valence-corrected chi connectivity index (χ4v) is 3.77. The molecule has 0 bridgehead atoms. The number of nitrogens with two attached hydrogens (primary N) is 1. The van der Waals surface area contributed by atoms with Crippen LogP contribution in [0.2, 0.25) is 5.02 Å². The molecule has 1 amide bonds. The summed E-state index contributed by atoms with van der Waals surface area (Å²) in [5.74, 6) is 1.51. The van der Waals surface area contributed by atoms with Crippen LogP contribution in [0.5, 0.6) is 5.75 Å². The number of rotatable bonds is 4. The highest BCUT2D eigenvalue weighted by Crippen LogP contribution is 2.45. The Bertz CT molecular complexity index is 708. The van der Waals surface area contributed by atoms with Gasteiger partial charge in [-0.3, -0.25) is 0 Å². The zero-order valence-corrected chi connectivity index (χ0v) is 13.9. The van der Waals surface area contributed by atoms with Crippen molar-refractivity contribution in [1.82, 2.24) is 0 Å². The minimum Gasteiger partial charge on any atom is -0.492 e. The van der Waals surface area contributed by atoms with Gasteiger partial charge in [-0.2, -0.15) is 0 Å². The molecular formula is C17H16ClNO3S. The molecule has 1 atom stereocenters. The zero-order chi connectivity index (χ0) is 16.2. The number of primary amides is 1. The molecule has 4 nitrogen and oxygen atoms in total. The van der Waals surface area contributed by atoms with E-state index in [1.54, 1.807) is 17.8 Å². The SMILES string of the molecule is NC(=O)OC1CCOc2c(SCc3ccccc3)ccc(Cl)c21. The molecule has 2 N–H and O–H groups in total. The number of amides is 1.